The molecule has 1 saturated carbocycles. The van der Waals surface area contributed by atoms with E-state index in [4.69, 9.17) is 4.74 Å². The van der Waals surface area contributed by atoms with Gasteiger partial charge in [0.15, 0.2) is 0 Å². The maximum absolute atomic E-state index is 13.8. The lowest BCUT2D eigenvalue weighted by Gasteiger charge is -2.07. The number of nitrogens with one attached hydrogen (secondary N) is 1. The van der Waals surface area contributed by atoms with Gasteiger partial charge in [-0.25, -0.2) is 9.37 Å². The van der Waals surface area contributed by atoms with Crippen molar-refractivity contribution in [3.63, 3.8) is 0 Å². The molecule has 0 saturated heterocycles. The monoisotopic (exact) mass is 352 g/mol. The van der Waals surface area contributed by atoms with Crippen LogP contribution in [0.4, 0.5) is 4.39 Å². The smallest absolute Gasteiger partial charge is 0.310 e. The topological polar surface area (TPSA) is 72.1 Å². The van der Waals surface area contributed by atoms with Gasteiger partial charge in [-0.1, -0.05) is 30.3 Å². The predicted octanol–water partition coefficient (Wildman–Crippen LogP) is 3.22. The first-order valence-electron chi connectivity index (χ1n) is 8.44. The molecule has 0 aliphatic heterocycles. The summed E-state index contributed by atoms with van der Waals surface area (Å²) in [4.78, 5) is 31.4. The molecule has 1 heterocycles. The SMILES string of the molecule is Cc1cccc2c(=O)[nH]c(COC(=O)[C@H]3C[C@@H]3c3ccccc3F)nc12. The van der Waals surface area contributed by atoms with Gasteiger partial charge in [0, 0.05) is 5.92 Å². The van der Waals surface area contributed by atoms with E-state index in [1.165, 1.54) is 6.07 Å². The number of hydrogen-bond donors (Lipinski definition) is 1. The molecule has 1 fully saturated rings. The van der Waals surface area contributed by atoms with Crippen molar-refractivity contribution < 1.29 is 13.9 Å². The highest BCUT2D eigenvalue weighted by molar-refractivity contribution is 5.80. The van der Waals surface area contributed by atoms with Gasteiger partial charge in [0.05, 0.1) is 16.8 Å². The molecule has 5 nitrogen and oxygen atoms in total. The predicted molar refractivity (Wildman–Crippen MR) is 94.1 cm³/mol. The lowest BCUT2D eigenvalue weighted by molar-refractivity contribution is -0.146. The van der Waals surface area contributed by atoms with E-state index in [-0.39, 0.29) is 29.8 Å². The molecule has 1 aliphatic rings. The van der Waals surface area contributed by atoms with Gasteiger partial charge >= 0.3 is 5.97 Å². The molecule has 2 aromatic carbocycles. The molecule has 1 aromatic heterocycles. The Bertz CT molecular complexity index is 1060. The van der Waals surface area contributed by atoms with E-state index in [1.807, 2.05) is 13.0 Å². The summed E-state index contributed by atoms with van der Waals surface area (Å²) in [5.41, 5.74) is 1.75. The standard InChI is InChI=1S/C20H17FN2O3/c1-11-5-4-7-13-18(11)22-17(23-19(13)24)10-26-20(25)15-9-14(15)12-6-2-3-8-16(12)21/h2-8,14-15H,9-10H2,1H3,(H,22,23,24)/t14-,15+/m1/s1. The van der Waals surface area contributed by atoms with E-state index in [1.54, 1.807) is 30.3 Å². The van der Waals surface area contributed by atoms with Gasteiger partial charge in [0.2, 0.25) is 0 Å². The number of nitrogens with zero attached hydrogens (tertiary/aromatic N) is 1. The van der Waals surface area contributed by atoms with Crippen molar-refractivity contribution >= 4 is 16.9 Å². The van der Waals surface area contributed by atoms with E-state index in [9.17, 15) is 14.0 Å². The molecule has 1 N–H and O–H groups in total. The molecule has 3 aromatic rings. The number of carbonyl (C=O) groups is 1. The number of benzene rings is 2. The summed E-state index contributed by atoms with van der Waals surface area (Å²) < 4.78 is 19.1. The number of aromatic amines is 1. The fourth-order valence-electron chi connectivity index (χ4n) is 3.24. The van der Waals surface area contributed by atoms with Crippen LogP contribution in [0, 0.1) is 18.7 Å². The lowest BCUT2D eigenvalue weighted by Crippen LogP contribution is -2.15. The van der Waals surface area contributed by atoms with Crippen LogP contribution in [-0.2, 0) is 16.1 Å². The van der Waals surface area contributed by atoms with Crippen LogP contribution in [0.15, 0.2) is 47.3 Å². The van der Waals surface area contributed by atoms with Crippen molar-refractivity contribution in [2.24, 2.45) is 5.92 Å². The summed E-state index contributed by atoms with van der Waals surface area (Å²) in [6, 6.07) is 11.8. The van der Waals surface area contributed by atoms with Gasteiger partial charge in [0.25, 0.3) is 5.56 Å². The van der Waals surface area contributed by atoms with Crippen LogP contribution in [-0.4, -0.2) is 15.9 Å². The minimum atomic E-state index is -0.397. The van der Waals surface area contributed by atoms with Gasteiger partial charge in [-0.3, -0.25) is 9.59 Å². The largest absolute Gasteiger partial charge is 0.457 e. The number of aromatic nitrogens is 2. The zero-order chi connectivity index (χ0) is 18.3. The van der Waals surface area contributed by atoms with Crippen LogP contribution in [0.3, 0.4) is 0 Å². The average Bonchev–Trinajstić information content (AvgIpc) is 3.42. The number of aryl methyl sites for hydroxylation is 1. The van der Waals surface area contributed by atoms with Crippen LogP contribution < -0.4 is 5.56 Å². The molecule has 0 unspecified atom stereocenters. The van der Waals surface area contributed by atoms with Crippen molar-refractivity contribution in [3.05, 3.63) is 75.6 Å². The van der Waals surface area contributed by atoms with Gasteiger partial charge in [-0.2, -0.15) is 0 Å². The van der Waals surface area contributed by atoms with E-state index < -0.39 is 5.97 Å². The Hall–Kier alpha value is -3.02. The second-order valence-corrected chi connectivity index (χ2v) is 6.56. The number of carbonyl (C=O) groups excluding carboxylic acids is 1. The van der Waals surface area contributed by atoms with Gasteiger partial charge in [-0.05, 0) is 36.6 Å². The van der Waals surface area contributed by atoms with Gasteiger partial charge in [0.1, 0.15) is 18.2 Å². The summed E-state index contributed by atoms with van der Waals surface area (Å²) in [7, 11) is 0. The Kier molecular flexibility index (Phi) is 4.03. The van der Waals surface area contributed by atoms with E-state index in [0.29, 0.717) is 28.7 Å². The first-order valence-corrected chi connectivity index (χ1v) is 8.44. The first kappa shape index (κ1) is 16.4. The maximum Gasteiger partial charge on any atom is 0.310 e. The highest BCUT2D eigenvalue weighted by Gasteiger charge is 2.46. The Morgan fingerprint density at radius 3 is 2.88 bits per heavy atom. The highest BCUT2D eigenvalue weighted by atomic mass is 19.1. The zero-order valence-corrected chi connectivity index (χ0v) is 14.2. The van der Waals surface area contributed by atoms with Gasteiger partial charge < -0.3 is 9.72 Å². The average molecular weight is 352 g/mol. The van der Waals surface area contributed by atoms with Crippen LogP contribution in [0.25, 0.3) is 10.9 Å². The Morgan fingerprint density at radius 2 is 2.08 bits per heavy atom. The van der Waals surface area contributed by atoms with Crippen LogP contribution in [0.1, 0.15) is 29.3 Å². The highest BCUT2D eigenvalue weighted by Crippen LogP contribution is 2.48. The minimum absolute atomic E-state index is 0.112. The fraction of sp³-hybridized carbons (Fsp3) is 0.250. The van der Waals surface area contributed by atoms with Crippen molar-refractivity contribution in [1.82, 2.24) is 9.97 Å². The zero-order valence-electron chi connectivity index (χ0n) is 14.2. The fourth-order valence-corrected chi connectivity index (χ4v) is 3.24. The van der Waals surface area contributed by atoms with E-state index in [2.05, 4.69) is 9.97 Å². The summed E-state index contributed by atoms with van der Waals surface area (Å²) in [6.07, 6.45) is 0.570. The van der Waals surface area contributed by atoms with E-state index in [0.717, 1.165) is 5.56 Å². The molecule has 4 rings (SSSR count). The normalized spacial score (nSPS) is 18.7. The molecule has 0 radical (unpaired) electrons. The number of H-pyrrole nitrogens is 1. The van der Waals surface area contributed by atoms with Crippen molar-refractivity contribution in [1.29, 1.82) is 0 Å². The molecule has 1 aliphatic carbocycles. The number of rotatable bonds is 4. The molecule has 132 valence electrons. The lowest BCUT2D eigenvalue weighted by atomic mass is 10.1. The maximum atomic E-state index is 13.8. The third-order valence-corrected chi connectivity index (χ3v) is 4.74. The number of hydrogen-bond acceptors (Lipinski definition) is 4. The van der Waals surface area contributed by atoms with Gasteiger partial charge in [-0.15, -0.1) is 0 Å². The molecule has 0 amide bonds. The molecular formula is C20H17FN2O3. The third kappa shape index (κ3) is 2.98. The summed E-state index contributed by atoms with van der Waals surface area (Å²) >= 11 is 0. The molecule has 6 heteroatoms. The second kappa shape index (κ2) is 6.37. The molecule has 2 atom stereocenters. The summed E-state index contributed by atoms with van der Waals surface area (Å²) in [5.74, 6) is -0.891. The number of halogens is 1. The van der Waals surface area contributed by atoms with Crippen LogP contribution in [0.2, 0.25) is 0 Å². The van der Waals surface area contributed by atoms with Crippen LogP contribution >= 0.6 is 0 Å². The quantitative estimate of drug-likeness (QED) is 0.732. The Labute approximate surface area is 148 Å². The van der Waals surface area contributed by atoms with Crippen molar-refractivity contribution in [2.75, 3.05) is 0 Å². The number of fused-ring (bicyclic) bond motifs is 1. The third-order valence-electron chi connectivity index (χ3n) is 4.74. The number of esters is 1. The minimum Gasteiger partial charge on any atom is -0.457 e. The summed E-state index contributed by atoms with van der Waals surface area (Å²) in [6.45, 7) is 1.76. The molecule has 0 bridgehead atoms. The van der Waals surface area contributed by atoms with Crippen molar-refractivity contribution in [2.45, 2.75) is 25.9 Å². The number of para-hydroxylation sites is 1. The van der Waals surface area contributed by atoms with Crippen LogP contribution in [0.5, 0.6) is 0 Å². The van der Waals surface area contributed by atoms with Crippen molar-refractivity contribution in [3.8, 4) is 0 Å². The Morgan fingerprint density at radius 1 is 1.27 bits per heavy atom. The number of ether oxygens (including phenoxy) is 1. The summed E-state index contributed by atoms with van der Waals surface area (Å²) in [5, 5.41) is 0.502. The molecule has 26 heavy (non-hydrogen) atoms. The van der Waals surface area contributed by atoms with E-state index >= 15 is 0 Å². The second-order valence-electron chi connectivity index (χ2n) is 6.56. The molecule has 0 spiro atoms. The molecular weight excluding hydrogens is 335 g/mol. The Balaban J connectivity index is 1.46. The first-order chi connectivity index (χ1) is 12.5.